The predicted octanol–water partition coefficient (Wildman–Crippen LogP) is 3.11. The first kappa shape index (κ1) is 18.6. The summed E-state index contributed by atoms with van der Waals surface area (Å²) in [5.41, 5.74) is 1.49. The molecule has 132 valence electrons. The average Bonchev–Trinajstić information content (AvgIpc) is 2.64. The van der Waals surface area contributed by atoms with Crippen molar-refractivity contribution in [3.05, 3.63) is 66.0 Å². The molecule has 0 bridgehead atoms. The van der Waals surface area contributed by atoms with Gasteiger partial charge in [0.15, 0.2) is 0 Å². The van der Waals surface area contributed by atoms with Gasteiger partial charge in [0.05, 0.1) is 11.7 Å². The predicted molar refractivity (Wildman–Crippen MR) is 98.0 cm³/mol. The number of pyridine rings is 1. The van der Waals surface area contributed by atoms with E-state index in [9.17, 15) is 9.59 Å². The average molecular weight is 339 g/mol. The zero-order chi connectivity index (χ0) is 18.1. The molecule has 0 radical (unpaired) electrons. The molecule has 25 heavy (non-hydrogen) atoms. The molecule has 5 nitrogen and oxygen atoms in total. The topological polar surface area (TPSA) is 71.1 Å². The molecular formula is C20H25N3O2. The van der Waals surface area contributed by atoms with Gasteiger partial charge in [-0.15, -0.1) is 0 Å². The van der Waals surface area contributed by atoms with Crippen LogP contribution in [0.3, 0.4) is 0 Å². The van der Waals surface area contributed by atoms with Crippen LogP contribution in [0, 0.1) is 5.92 Å². The Kier molecular flexibility index (Phi) is 7.14. The van der Waals surface area contributed by atoms with E-state index in [1.165, 1.54) is 0 Å². The fourth-order valence-corrected chi connectivity index (χ4v) is 2.53. The quantitative estimate of drug-likeness (QED) is 0.726. The molecule has 0 aliphatic rings. The highest BCUT2D eigenvalue weighted by Gasteiger charge is 2.19. The molecule has 1 heterocycles. The standard InChI is InChI=1S/C20H25N3O2/c1-15(2)19(17-11-6-7-13-21-17)23-18(24)12-8-14-22-20(25)16-9-4-3-5-10-16/h3-7,9-11,13,15,19H,8,12,14H2,1-2H3,(H,22,25)(H,23,24)/t19-/m1/s1. The molecule has 0 unspecified atom stereocenters. The van der Waals surface area contributed by atoms with Gasteiger partial charge >= 0.3 is 0 Å². The third kappa shape index (κ3) is 6.03. The summed E-state index contributed by atoms with van der Waals surface area (Å²) in [6.07, 6.45) is 2.69. The van der Waals surface area contributed by atoms with Crippen molar-refractivity contribution in [2.45, 2.75) is 32.7 Å². The van der Waals surface area contributed by atoms with E-state index >= 15 is 0 Å². The Morgan fingerprint density at radius 2 is 1.76 bits per heavy atom. The fourth-order valence-electron chi connectivity index (χ4n) is 2.53. The van der Waals surface area contributed by atoms with Crippen molar-refractivity contribution in [1.29, 1.82) is 0 Å². The van der Waals surface area contributed by atoms with Crippen LogP contribution in [0.25, 0.3) is 0 Å². The van der Waals surface area contributed by atoms with E-state index in [4.69, 9.17) is 0 Å². The molecule has 2 rings (SSSR count). The molecule has 5 heteroatoms. The Labute approximate surface area is 148 Å². The Morgan fingerprint density at radius 3 is 2.40 bits per heavy atom. The minimum Gasteiger partial charge on any atom is -0.352 e. The Bertz CT molecular complexity index is 672. The molecular weight excluding hydrogens is 314 g/mol. The first-order valence-corrected chi connectivity index (χ1v) is 8.61. The monoisotopic (exact) mass is 339 g/mol. The van der Waals surface area contributed by atoms with E-state index in [0.29, 0.717) is 24.9 Å². The molecule has 2 aromatic rings. The number of amides is 2. The molecule has 2 N–H and O–H groups in total. The molecule has 1 aromatic carbocycles. The minimum absolute atomic E-state index is 0.0293. The van der Waals surface area contributed by atoms with E-state index < -0.39 is 0 Å². The summed E-state index contributed by atoms with van der Waals surface area (Å²) in [6.45, 7) is 4.58. The van der Waals surface area contributed by atoms with Gasteiger partial charge in [-0.25, -0.2) is 0 Å². The highest BCUT2D eigenvalue weighted by atomic mass is 16.2. The summed E-state index contributed by atoms with van der Waals surface area (Å²) >= 11 is 0. The van der Waals surface area contributed by atoms with Gasteiger partial charge in [-0.2, -0.15) is 0 Å². The third-order valence-corrected chi connectivity index (χ3v) is 3.89. The Balaban J connectivity index is 1.75. The molecule has 0 spiro atoms. The number of aromatic nitrogens is 1. The van der Waals surface area contributed by atoms with Crippen LogP contribution in [-0.2, 0) is 4.79 Å². The van der Waals surface area contributed by atoms with E-state index in [1.54, 1.807) is 18.3 Å². The van der Waals surface area contributed by atoms with E-state index in [0.717, 1.165) is 5.69 Å². The molecule has 0 saturated heterocycles. The van der Waals surface area contributed by atoms with Crippen LogP contribution in [0.2, 0.25) is 0 Å². The SMILES string of the molecule is CC(C)[C@@H](NC(=O)CCCNC(=O)c1ccccc1)c1ccccn1. The normalized spacial score (nSPS) is 11.8. The van der Waals surface area contributed by atoms with E-state index in [2.05, 4.69) is 29.5 Å². The maximum Gasteiger partial charge on any atom is 0.251 e. The van der Waals surface area contributed by atoms with Crippen molar-refractivity contribution < 1.29 is 9.59 Å². The molecule has 0 saturated carbocycles. The first-order chi connectivity index (χ1) is 12.1. The summed E-state index contributed by atoms with van der Waals surface area (Å²) < 4.78 is 0. The third-order valence-electron chi connectivity index (χ3n) is 3.89. The number of carbonyl (C=O) groups excluding carboxylic acids is 2. The van der Waals surface area contributed by atoms with Gasteiger partial charge < -0.3 is 10.6 Å². The van der Waals surface area contributed by atoms with Crippen LogP contribution in [0.5, 0.6) is 0 Å². The van der Waals surface area contributed by atoms with Crippen molar-refractivity contribution in [2.75, 3.05) is 6.54 Å². The number of benzene rings is 1. The number of hydrogen-bond acceptors (Lipinski definition) is 3. The largest absolute Gasteiger partial charge is 0.352 e. The van der Waals surface area contributed by atoms with Crippen LogP contribution in [-0.4, -0.2) is 23.3 Å². The molecule has 0 aliphatic heterocycles. The van der Waals surface area contributed by atoms with E-state index in [-0.39, 0.29) is 23.8 Å². The second kappa shape index (κ2) is 9.57. The van der Waals surface area contributed by atoms with Crippen molar-refractivity contribution >= 4 is 11.8 Å². The Morgan fingerprint density at radius 1 is 1.04 bits per heavy atom. The van der Waals surface area contributed by atoms with Crippen LogP contribution >= 0.6 is 0 Å². The lowest BCUT2D eigenvalue weighted by Gasteiger charge is -2.22. The zero-order valence-electron chi connectivity index (χ0n) is 14.7. The number of hydrogen-bond donors (Lipinski definition) is 2. The summed E-state index contributed by atoms with van der Waals surface area (Å²) in [7, 11) is 0. The number of nitrogens with one attached hydrogen (secondary N) is 2. The van der Waals surface area contributed by atoms with Gasteiger partial charge in [0.25, 0.3) is 5.91 Å². The van der Waals surface area contributed by atoms with Crippen LogP contribution in [0.15, 0.2) is 54.7 Å². The Hall–Kier alpha value is -2.69. The van der Waals surface area contributed by atoms with Gasteiger partial charge in [-0.3, -0.25) is 14.6 Å². The molecule has 2 amide bonds. The lowest BCUT2D eigenvalue weighted by molar-refractivity contribution is -0.122. The number of rotatable bonds is 8. The lowest BCUT2D eigenvalue weighted by atomic mass is 10.00. The fraction of sp³-hybridized carbons (Fsp3) is 0.350. The van der Waals surface area contributed by atoms with Gasteiger partial charge in [-0.05, 0) is 36.6 Å². The molecule has 1 atom stereocenters. The van der Waals surface area contributed by atoms with Crippen molar-refractivity contribution in [3.8, 4) is 0 Å². The van der Waals surface area contributed by atoms with Gasteiger partial charge in [0, 0.05) is 24.7 Å². The highest BCUT2D eigenvalue weighted by molar-refractivity contribution is 5.94. The van der Waals surface area contributed by atoms with Crippen molar-refractivity contribution in [3.63, 3.8) is 0 Å². The lowest BCUT2D eigenvalue weighted by Crippen LogP contribution is -2.33. The van der Waals surface area contributed by atoms with Crippen molar-refractivity contribution in [2.24, 2.45) is 5.92 Å². The van der Waals surface area contributed by atoms with Crippen LogP contribution < -0.4 is 10.6 Å². The van der Waals surface area contributed by atoms with Gasteiger partial charge in [0.1, 0.15) is 0 Å². The van der Waals surface area contributed by atoms with Crippen LogP contribution in [0.4, 0.5) is 0 Å². The summed E-state index contributed by atoms with van der Waals surface area (Å²) in [6, 6.07) is 14.6. The van der Waals surface area contributed by atoms with E-state index in [1.807, 2.05) is 36.4 Å². The zero-order valence-corrected chi connectivity index (χ0v) is 14.7. The summed E-state index contributed by atoms with van der Waals surface area (Å²) in [5.74, 6) is 0.101. The first-order valence-electron chi connectivity index (χ1n) is 8.61. The summed E-state index contributed by atoms with van der Waals surface area (Å²) in [4.78, 5) is 28.5. The minimum atomic E-state index is -0.116. The molecule has 0 fully saturated rings. The number of carbonyl (C=O) groups is 2. The smallest absolute Gasteiger partial charge is 0.251 e. The van der Waals surface area contributed by atoms with Crippen LogP contribution in [0.1, 0.15) is 48.8 Å². The second-order valence-corrected chi connectivity index (χ2v) is 6.27. The molecule has 0 aliphatic carbocycles. The van der Waals surface area contributed by atoms with Gasteiger partial charge in [-0.1, -0.05) is 38.1 Å². The molecule has 1 aromatic heterocycles. The van der Waals surface area contributed by atoms with Gasteiger partial charge in [0.2, 0.25) is 5.91 Å². The second-order valence-electron chi connectivity index (χ2n) is 6.27. The summed E-state index contributed by atoms with van der Waals surface area (Å²) in [5, 5.41) is 5.87. The highest BCUT2D eigenvalue weighted by Crippen LogP contribution is 2.19. The van der Waals surface area contributed by atoms with Crippen molar-refractivity contribution in [1.82, 2.24) is 15.6 Å². The number of nitrogens with zero attached hydrogens (tertiary/aromatic N) is 1. The maximum absolute atomic E-state index is 12.2. The maximum atomic E-state index is 12.2.